The van der Waals surface area contributed by atoms with Crippen molar-refractivity contribution in [1.29, 1.82) is 0 Å². The number of nitrogens with zero attached hydrogens (tertiary/aromatic N) is 2. The largest absolute Gasteiger partial charge is 0.497 e. The third kappa shape index (κ3) is 3.65. The molecule has 2 atom stereocenters. The summed E-state index contributed by atoms with van der Waals surface area (Å²) in [6.07, 6.45) is -0.938. The molecule has 1 N–H and O–H groups in total. The SMILES string of the molecule is COc1cc(OC)cc(-c2nnc(S[C@@H]3CS(=O)(=O)C[C@H]3O)o2)c1. The zero-order chi connectivity index (χ0) is 17.3. The van der Waals surface area contributed by atoms with Crippen LogP contribution in [0.1, 0.15) is 0 Å². The molecule has 24 heavy (non-hydrogen) atoms. The maximum absolute atomic E-state index is 11.5. The van der Waals surface area contributed by atoms with Crippen LogP contribution in [0.15, 0.2) is 27.8 Å². The summed E-state index contributed by atoms with van der Waals surface area (Å²) in [6, 6.07) is 5.16. The fourth-order valence-corrected chi connectivity index (χ4v) is 5.70. The second kappa shape index (κ2) is 6.61. The molecule has 3 rings (SSSR count). The molecule has 1 aliphatic rings. The van der Waals surface area contributed by atoms with Gasteiger partial charge in [0.1, 0.15) is 11.5 Å². The summed E-state index contributed by atoms with van der Waals surface area (Å²) >= 11 is 1.07. The average molecular weight is 372 g/mol. The van der Waals surface area contributed by atoms with Crippen LogP contribution in [-0.4, -0.2) is 60.8 Å². The molecule has 1 aromatic heterocycles. The lowest BCUT2D eigenvalue weighted by atomic mass is 10.2. The fraction of sp³-hybridized carbons (Fsp3) is 0.429. The van der Waals surface area contributed by atoms with Crippen LogP contribution in [0.4, 0.5) is 0 Å². The van der Waals surface area contributed by atoms with E-state index in [0.717, 1.165) is 11.8 Å². The summed E-state index contributed by atoms with van der Waals surface area (Å²) in [6.45, 7) is 0. The fourth-order valence-electron chi connectivity index (χ4n) is 2.34. The third-order valence-corrected chi connectivity index (χ3v) is 6.61. The number of methoxy groups -OCH3 is 2. The van der Waals surface area contributed by atoms with Crippen LogP contribution in [0.25, 0.3) is 11.5 Å². The Hall–Kier alpha value is -1.78. The molecule has 1 aromatic carbocycles. The lowest BCUT2D eigenvalue weighted by Gasteiger charge is -2.08. The van der Waals surface area contributed by atoms with Gasteiger partial charge in [0.2, 0.25) is 5.89 Å². The third-order valence-electron chi connectivity index (χ3n) is 3.53. The molecule has 0 aliphatic carbocycles. The van der Waals surface area contributed by atoms with E-state index in [1.807, 2.05) is 0 Å². The first kappa shape index (κ1) is 17.1. The zero-order valence-electron chi connectivity index (χ0n) is 13.0. The molecule has 130 valence electrons. The van der Waals surface area contributed by atoms with Crippen LogP contribution in [0.3, 0.4) is 0 Å². The minimum atomic E-state index is -3.22. The van der Waals surface area contributed by atoms with Crippen molar-refractivity contribution < 1.29 is 27.4 Å². The van der Waals surface area contributed by atoms with Crippen LogP contribution >= 0.6 is 11.8 Å². The highest BCUT2D eigenvalue weighted by molar-refractivity contribution is 8.01. The van der Waals surface area contributed by atoms with Crippen LogP contribution in [0.5, 0.6) is 11.5 Å². The average Bonchev–Trinajstić information content (AvgIpc) is 3.11. The number of hydrogen-bond donors (Lipinski definition) is 1. The minimum Gasteiger partial charge on any atom is -0.497 e. The first-order chi connectivity index (χ1) is 11.4. The number of aliphatic hydroxyl groups is 1. The minimum absolute atomic E-state index is 0.108. The van der Waals surface area contributed by atoms with E-state index in [2.05, 4.69) is 10.2 Å². The highest BCUT2D eigenvalue weighted by atomic mass is 32.2. The van der Waals surface area contributed by atoms with Crippen LogP contribution < -0.4 is 9.47 Å². The normalized spacial score (nSPS) is 22.5. The van der Waals surface area contributed by atoms with Gasteiger partial charge in [0, 0.05) is 11.6 Å². The predicted molar refractivity (Wildman–Crippen MR) is 87.1 cm³/mol. The molecule has 0 bridgehead atoms. The molecule has 0 saturated carbocycles. The first-order valence-electron chi connectivity index (χ1n) is 7.02. The van der Waals surface area contributed by atoms with Crippen LogP contribution in [-0.2, 0) is 9.84 Å². The van der Waals surface area contributed by atoms with Crippen molar-refractivity contribution in [3.63, 3.8) is 0 Å². The summed E-state index contributed by atoms with van der Waals surface area (Å²) in [5.41, 5.74) is 0.616. The lowest BCUT2D eigenvalue weighted by molar-refractivity contribution is 0.207. The lowest BCUT2D eigenvalue weighted by Crippen LogP contribution is -2.19. The Morgan fingerprint density at radius 1 is 1.17 bits per heavy atom. The number of thioether (sulfide) groups is 1. The van der Waals surface area contributed by atoms with Gasteiger partial charge in [0.25, 0.3) is 5.22 Å². The van der Waals surface area contributed by atoms with Gasteiger partial charge in [-0.25, -0.2) is 8.42 Å². The molecule has 2 heterocycles. The number of sulfone groups is 1. The van der Waals surface area contributed by atoms with Crippen molar-refractivity contribution in [1.82, 2.24) is 10.2 Å². The molecule has 1 saturated heterocycles. The van der Waals surface area contributed by atoms with E-state index in [1.54, 1.807) is 18.2 Å². The van der Waals surface area contributed by atoms with E-state index < -0.39 is 21.2 Å². The Bertz CT molecular complexity index is 813. The Labute approximate surface area is 143 Å². The van der Waals surface area contributed by atoms with Crippen molar-refractivity contribution in [2.75, 3.05) is 25.7 Å². The van der Waals surface area contributed by atoms with E-state index in [4.69, 9.17) is 13.9 Å². The maximum Gasteiger partial charge on any atom is 0.277 e. The van der Waals surface area contributed by atoms with Crippen molar-refractivity contribution in [3.8, 4) is 23.0 Å². The Morgan fingerprint density at radius 3 is 2.38 bits per heavy atom. The van der Waals surface area contributed by atoms with Gasteiger partial charge >= 0.3 is 0 Å². The van der Waals surface area contributed by atoms with Crippen LogP contribution in [0.2, 0.25) is 0 Å². The van der Waals surface area contributed by atoms with Gasteiger partial charge in [-0.15, -0.1) is 10.2 Å². The standard InChI is InChI=1S/C14H16N2O6S2/c1-20-9-3-8(4-10(5-9)21-2)13-15-16-14(22-13)23-12-7-24(18,19)6-11(12)17/h3-5,11-12,17H,6-7H2,1-2H3/t11-,12-/m1/s1. The summed E-state index contributed by atoms with van der Waals surface area (Å²) in [5.74, 6) is 1.07. The zero-order valence-corrected chi connectivity index (χ0v) is 14.6. The summed E-state index contributed by atoms with van der Waals surface area (Å²) in [4.78, 5) is 0. The Morgan fingerprint density at radius 2 is 1.83 bits per heavy atom. The highest BCUT2D eigenvalue weighted by Gasteiger charge is 2.38. The van der Waals surface area contributed by atoms with Crippen molar-refractivity contribution >= 4 is 21.6 Å². The molecule has 2 aromatic rings. The molecular weight excluding hydrogens is 356 g/mol. The molecular formula is C14H16N2O6S2. The summed E-state index contributed by atoms with van der Waals surface area (Å²) in [5, 5.41) is 17.4. The number of aliphatic hydroxyl groups excluding tert-OH is 1. The number of rotatable bonds is 5. The van der Waals surface area contributed by atoms with E-state index in [-0.39, 0.29) is 22.6 Å². The molecule has 0 radical (unpaired) electrons. The highest BCUT2D eigenvalue weighted by Crippen LogP contribution is 2.34. The molecule has 0 spiro atoms. The van der Waals surface area contributed by atoms with E-state index in [1.165, 1.54) is 14.2 Å². The topological polar surface area (TPSA) is 112 Å². The summed E-state index contributed by atoms with van der Waals surface area (Å²) in [7, 11) is -0.147. The molecule has 0 amide bonds. The van der Waals surface area contributed by atoms with E-state index in [0.29, 0.717) is 17.1 Å². The van der Waals surface area contributed by atoms with Crippen LogP contribution in [0, 0.1) is 0 Å². The smallest absolute Gasteiger partial charge is 0.277 e. The molecule has 8 nitrogen and oxygen atoms in total. The Kier molecular flexibility index (Phi) is 4.70. The van der Waals surface area contributed by atoms with Gasteiger partial charge in [-0.2, -0.15) is 0 Å². The van der Waals surface area contributed by atoms with Crippen molar-refractivity contribution in [2.24, 2.45) is 0 Å². The number of benzene rings is 1. The quantitative estimate of drug-likeness (QED) is 0.821. The van der Waals surface area contributed by atoms with E-state index in [9.17, 15) is 13.5 Å². The van der Waals surface area contributed by atoms with Gasteiger partial charge < -0.3 is 19.0 Å². The van der Waals surface area contributed by atoms with Crippen molar-refractivity contribution in [3.05, 3.63) is 18.2 Å². The molecule has 10 heteroatoms. The van der Waals surface area contributed by atoms with Gasteiger partial charge in [-0.1, -0.05) is 11.8 Å². The maximum atomic E-state index is 11.5. The Balaban J connectivity index is 1.81. The molecule has 0 unspecified atom stereocenters. The number of hydrogen-bond acceptors (Lipinski definition) is 9. The van der Waals surface area contributed by atoms with Gasteiger partial charge in [-0.3, -0.25) is 0 Å². The van der Waals surface area contributed by atoms with Gasteiger partial charge in [0.15, 0.2) is 9.84 Å². The first-order valence-corrected chi connectivity index (χ1v) is 9.72. The van der Waals surface area contributed by atoms with Gasteiger partial charge in [0.05, 0.1) is 37.1 Å². The predicted octanol–water partition coefficient (Wildman–Crippen LogP) is 1.00. The monoisotopic (exact) mass is 372 g/mol. The van der Waals surface area contributed by atoms with Crippen molar-refractivity contribution in [2.45, 2.75) is 16.6 Å². The number of aromatic nitrogens is 2. The summed E-state index contributed by atoms with van der Waals surface area (Å²) < 4.78 is 39.0. The molecule has 1 fully saturated rings. The number of ether oxygens (including phenoxy) is 2. The van der Waals surface area contributed by atoms with E-state index >= 15 is 0 Å². The second-order valence-electron chi connectivity index (χ2n) is 5.28. The van der Waals surface area contributed by atoms with Gasteiger partial charge in [-0.05, 0) is 12.1 Å². The second-order valence-corrected chi connectivity index (χ2v) is 8.62. The molecule has 1 aliphatic heterocycles.